The number of alkyl halides is 3. The van der Waals surface area contributed by atoms with Crippen molar-refractivity contribution < 1.29 is 44.7 Å². The highest BCUT2D eigenvalue weighted by Gasteiger charge is 2.38. The molecule has 0 radical (unpaired) electrons. The van der Waals surface area contributed by atoms with Gasteiger partial charge in [-0.05, 0) is 43.2 Å². The van der Waals surface area contributed by atoms with Gasteiger partial charge in [0.1, 0.15) is 0 Å². The standard InChI is InChI=1S/C22H25F3N4O7S2/c23-22(24,25)18-7-6-17(37(33,34)16-4-2-1-3-5-16)14-19(18)38(35,36)27-11-10-26-20(30)28-15-8-12-29(13-9-15)21(31)32/h1-7,14-15,27H,8-13H2,(H,31,32)(H2,26,28,30). The number of carboxylic acid groups (broad SMARTS) is 1. The molecule has 38 heavy (non-hydrogen) atoms. The molecule has 0 bridgehead atoms. The first-order valence-corrected chi connectivity index (χ1v) is 14.2. The first-order chi connectivity index (χ1) is 17.7. The zero-order valence-corrected chi connectivity index (χ0v) is 21.4. The van der Waals surface area contributed by atoms with Crippen molar-refractivity contribution in [2.45, 2.75) is 39.7 Å². The lowest BCUT2D eigenvalue weighted by Crippen LogP contribution is -2.49. The number of nitrogens with one attached hydrogen (secondary N) is 3. The highest BCUT2D eigenvalue weighted by atomic mass is 32.2. The number of amides is 3. The fourth-order valence-corrected chi connectivity index (χ4v) is 6.42. The molecule has 0 saturated carbocycles. The zero-order chi connectivity index (χ0) is 28.1. The van der Waals surface area contributed by atoms with E-state index < -0.39 is 60.1 Å². The fourth-order valence-electron chi connectivity index (χ4n) is 3.75. The van der Waals surface area contributed by atoms with Crippen LogP contribution in [-0.4, -0.2) is 71.2 Å². The summed E-state index contributed by atoms with van der Waals surface area (Å²) in [4.78, 5) is 22.1. The van der Waals surface area contributed by atoms with E-state index in [1.807, 2.05) is 4.72 Å². The summed E-state index contributed by atoms with van der Waals surface area (Å²) in [5.74, 6) is 0. The predicted molar refractivity (Wildman–Crippen MR) is 128 cm³/mol. The molecule has 4 N–H and O–H groups in total. The van der Waals surface area contributed by atoms with Crippen molar-refractivity contribution in [1.82, 2.24) is 20.3 Å². The number of rotatable bonds is 8. The topological polar surface area (TPSA) is 162 Å². The maximum absolute atomic E-state index is 13.6. The Labute approximate surface area is 217 Å². The number of halogens is 3. The Kier molecular flexibility index (Phi) is 8.89. The molecule has 11 nitrogen and oxygen atoms in total. The third-order valence-corrected chi connectivity index (χ3v) is 8.98. The van der Waals surface area contributed by atoms with E-state index in [1.54, 1.807) is 6.07 Å². The summed E-state index contributed by atoms with van der Waals surface area (Å²) in [6, 6.07) is 7.41. The largest absolute Gasteiger partial charge is 0.465 e. The molecule has 0 aliphatic carbocycles. The molecule has 16 heteroatoms. The molecule has 0 spiro atoms. The third-order valence-electron chi connectivity index (χ3n) is 5.72. The smallest absolute Gasteiger partial charge is 0.417 e. The van der Waals surface area contributed by atoms with Gasteiger partial charge in [-0.1, -0.05) is 18.2 Å². The van der Waals surface area contributed by atoms with Crippen LogP contribution in [0.5, 0.6) is 0 Å². The highest BCUT2D eigenvalue weighted by molar-refractivity contribution is 7.91. The number of urea groups is 1. The minimum absolute atomic E-state index is 0.222. The van der Waals surface area contributed by atoms with Crippen LogP contribution >= 0.6 is 0 Å². The SMILES string of the molecule is O=C(NCCNS(=O)(=O)c1cc(S(=O)(=O)c2ccccc2)ccc1C(F)(F)F)NC1CCN(C(=O)O)CC1. The fraction of sp³-hybridized carbons (Fsp3) is 0.364. The molecular weight excluding hydrogens is 553 g/mol. The van der Waals surface area contributed by atoms with Gasteiger partial charge in [0, 0.05) is 32.2 Å². The molecule has 1 aliphatic heterocycles. The van der Waals surface area contributed by atoms with Crippen LogP contribution in [0.1, 0.15) is 18.4 Å². The van der Waals surface area contributed by atoms with Crippen molar-refractivity contribution in [3.63, 3.8) is 0 Å². The molecule has 2 aromatic carbocycles. The van der Waals surface area contributed by atoms with Crippen LogP contribution in [0.15, 0.2) is 63.2 Å². The van der Waals surface area contributed by atoms with Gasteiger partial charge in [0.15, 0.2) is 0 Å². The number of hydrogen-bond donors (Lipinski definition) is 4. The number of sulfonamides is 1. The van der Waals surface area contributed by atoms with Crippen molar-refractivity contribution in [3.05, 3.63) is 54.1 Å². The van der Waals surface area contributed by atoms with Gasteiger partial charge >= 0.3 is 18.3 Å². The van der Waals surface area contributed by atoms with E-state index in [4.69, 9.17) is 5.11 Å². The molecule has 1 saturated heterocycles. The number of carbonyl (C=O) groups is 2. The summed E-state index contributed by atoms with van der Waals surface area (Å²) in [6.45, 7) is -0.302. The van der Waals surface area contributed by atoms with Crippen LogP contribution < -0.4 is 15.4 Å². The van der Waals surface area contributed by atoms with Crippen LogP contribution in [-0.2, 0) is 26.0 Å². The zero-order valence-electron chi connectivity index (χ0n) is 19.7. The molecule has 2 aromatic rings. The first kappa shape index (κ1) is 29.2. The van der Waals surface area contributed by atoms with Gasteiger partial charge in [0.25, 0.3) is 0 Å². The van der Waals surface area contributed by atoms with Gasteiger partial charge in [-0.3, -0.25) is 0 Å². The third kappa shape index (κ3) is 7.14. The Bertz CT molecular complexity index is 1380. The average Bonchev–Trinajstić information content (AvgIpc) is 2.86. The summed E-state index contributed by atoms with van der Waals surface area (Å²) < 4.78 is 93.9. The quantitative estimate of drug-likeness (QED) is 0.349. The normalized spacial score (nSPS) is 15.2. The molecule has 1 heterocycles. The molecular formula is C22H25F3N4O7S2. The van der Waals surface area contributed by atoms with Crippen molar-refractivity contribution >= 4 is 32.0 Å². The molecule has 0 atom stereocenters. The molecule has 0 aromatic heterocycles. The molecule has 0 unspecified atom stereocenters. The number of sulfone groups is 1. The Morgan fingerprint density at radius 3 is 2.16 bits per heavy atom. The van der Waals surface area contributed by atoms with Gasteiger partial charge < -0.3 is 20.6 Å². The average molecular weight is 579 g/mol. The van der Waals surface area contributed by atoms with Gasteiger partial charge in [0.2, 0.25) is 19.9 Å². The van der Waals surface area contributed by atoms with Crippen molar-refractivity contribution in [3.8, 4) is 0 Å². The van der Waals surface area contributed by atoms with Crippen molar-refractivity contribution in [2.24, 2.45) is 0 Å². The van der Waals surface area contributed by atoms with Crippen LogP contribution in [0.4, 0.5) is 22.8 Å². The van der Waals surface area contributed by atoms with E-state index >= 15 is 0 Å². The highest BCUT2D eigenvalue weighted by Crippen LogP contribution is 2.36. The van der Waals surface area contributed by atoms with E-state index in [9.17, 15) is 39.6 Å². The van der Waals surface area contributed by atoms with E-state index in [0.29, 0.717) is 31.0 Å². The van der Waals surface area contributed by atoms with Crippen LogP contribution in [0.25, 0.3) is 0 Å². The first-order valence-electron chi connectivity index (χ1n) is 11.2. The lowest BCUT2D eigenvalue weighted by molar-refractivity contribution is -0.139. The van der Waals surface area contributed by atoms with Gasteiger partial charge in [-0.15, -0.1) is 0 Å². The summed E-state index contributed by atoms with van der Waals surface area (Å²) in [6.07, 6.45) is -5.38. The van der Waals surface area contributed by atoms with Crippen molar-refractivity contribution in [2.75, 3.05) is 26.2 Å². The minimum Gasteiger partial charge on any atom is -0.465 e. The molecule has 1 aliphatic rings. The second-order valence-electron chi connectivity index (χ2n) is 8.31. The lowest BCUT2D eigenvalue weighted by Gasteiger charge is -2.30. The molecule has 3 amide bonds. The Morgan fingerprint density at radius 2 is 1.58 bits per heavy atom. The molecule has 1 fully saturated rings. The summed E-state index contributed by atoms with van der Waals surface area (Å²) in [7, 11) is -9.15. The minimum atomic E-state index is -5.09. The second-order valence-corrected chi connectivity index (χ2v) is 12.0. The van der Waals surface area contributed by atoms with Gasteiger partial charge in [-0.2, -0.15) is 13.2 Å². The number of carbonyl (C=O) groups excluding carboxylic acids is 1. The Balaban J connectivity index is 1.67. The number of likely N-dealkylation sites (tertiary alicyclic amines) is 1. The molecule has 208 valence electrons. The Morgan fingerprint density at radius 1 is 0.947 bits per heavy atom. The number of benzene rings is 2. The second kappa shape index (κ2) is 11.6. The molecule has 3 rings (SSSR count). The van der Waals surface area contributed by atoms with E-state index in [0.717, 1.165) is 0 Å². The van der Waals surface area contributed by atoms with E-state index in [-0.39, 0.29) is 30.6 Å². The van der Waals surface area contributed by atoms with Crippen LogP contribution in [0.2, 0.25) is 0 Å². The number of nitrogens with zero attached hydrogens (tertiary/aromatic N) is 1. The maximum atomic E-state index is 13.6. The monoisotopic (exact) mass is 578 g/mol. The van der Waals surface area contributed by atoms with Gasteiger partial charge in [0.05, 0.1) is 20.2 Å². The predicted octanol–water partition coefficient (Wildman–Crippen LogP) is 2.26. The van der Waals surface area contributed by atoms with E-state index in [2.05, 4.69) is 10.6 Å². The maximum Gasteiger partial charge on any atom is 0.417 e. The van der Waals surface area contributed by atoms with Crippen molar-refractivity contribution in [1.29, 1.82) is 0 Å². The summed E-state index contributed by atoms with van der Waals surface area (Å²) in [5.41, 5.74) is -1.55. The summed E-state index contributed by atoms with van der Waals surface area (Å²) >= 11 is 0. The van der Waals surface area contributed by atoms with Crippen LogP contribution in [0.3, 0.4) is 0 Å². The van der Waals surface area contributed by atoms with E-state index in [1.165, 1.54) is 29.2 Å². The number of piperidine rings is 1. The van der Waals surface area contributed by atoms with Crippen LogP contribution in [0, 0.1) is 0 Å². The number of hydrogen-bond acceptors (Lipinski definition) is 6. The van der Waals surface area contributed by atoms with Gasteiger partial charge in [-0.25, -0.2) is 31.1 Å². The summed E-state index contributed by atoms with van der Waals surface area (Å²) in [5, 5.41) is 13.9. The Hall–Kier alpha value is -3.37. The lowest BCUT2D eigenvalue weighted by atomic mass is 10.1.